The Morgan fingerprint density at radius 2 is 2.19 bits per heavy atom. The van der Waals surface area contributed by atoms with Crippen molar-refractivity contribution in [2.75, 3.05) is 12.0 Å². The number of aromatic nitrogens is 4. The molecule has 0 spiro atoms. The molecule has 1 aromatic carbocycles. The molecule has 1 aromatic heterocycles. The lowest BCUT2D eigenvalue weighted by molar-refractivity contribution is 0.706. The third-order valence-corrected chi connectivity index (χ3v) is 2.07. The highest BCUT2D eigenvalue weighted by molar-refractivity contribution is 7.71. The molecule has 1 heterocycles. The summed E-state index contributed by atoms with van der Waals surface area (Å²) in [6.07, 6.45) is 0. The fourth-order valence-corrected chi connectivity index (χ4v) is 1.23. The molecule has 0 bridgehead atoms. The Bertz CT molecular complexity index is 560. The van der Waals surface area contributed by atoms with Gasteiger partial charge in [0.1, 0.15) is 0 Å². The molecule has 5 nitrogen and oxygen atoms in total. The van der Waals surface area contributed by atoms with E-state index in [1.807, 2.05) is 30.3 Å². The highest BCUT2D eigenvalue weighted by atomic mass is 32.1. The quantitative estimate of drug-likeness (QED) is 0.596. The molecule has 0 atom stereocenters. The Morgan fingerprint density at radius 3 is 2.88 bits per heavy atom. The molecule has 6 heteroatoms. The number of tetrazole rings is 1. The van der Waals surface area contributed by atoms with Gasteiger partial charge in [-0.25, -0.2) is 0 Å². The molecule has 2 rings (SSSR count). The topological polar surface area (TPSA) is 58.5 Å². The fraction of sp³-hybridized carbons (Fsp3) is 0.100. The van der Waals surface area contributed by atoms with E-state index in [9.17, 15) is 0 Å². The van der Waals surface area contributed by atoms with Gasteiger partial charge >= 0.3 is 0 Å². The number of nitrogens with one attached hydrogen (secondary N) is 2. The highest BCUT2D eigenvalue weighted by Crippen LogP contribution is 1.94. The Hall–Kier alpha value is -2.13. The van der Waals surface area contributed by atoms with Crippen LogP contribution in [-0.4, -0.2) is 26.9 Å². The predicted molar refractivity (Wildman–Crippen MR) is 62.8 cm³/mol. The van der Waals surface area contributed by atoms with Crippen molar-refractivity contribution in [1.82, 2.24) is 20.3 Å². The summed E-state index contributed by atoms with van der Waals surface area (Å²) in [6.45, 7) is 0.465. The van der Waals surface area contributed by atoms with E-state index in [1.165, 1.54) is 4.79 Å². The third-order valence-electron chi connectivity index (χ3n) is 1.80. The van der Waals surface area contributed by atoms with Gasteiger partial charge in [-0.2, -0.15) is 10.0 Å². The molecule has 0 saturated heterocycles. The molecule has 0 aliphatic rings. The summed E-state index contributed by atoms with van der Waals surface area (Å²) in [4.78, 5) is 1.44. The average molecular weight is 231 g/mol. The molecule has 2 aromatic rings. The van der Waals surface area contributed by atoms with Gasteiger partial charge in [0.25, 0.3) is 4.77 Å². The van der Waals surface area contributed by atoms with Crippen LogP contribution in [-0.2, 0) is 0 Å². The van der Waals surface area contributed by atoms with Crippen molar-refractivity contribution in [3.05, 3.63) is 40.7 Å². The fourth-order valence-electron chi connectivity index (χ4n) is 1.09. The highest BCUT2D eigenvalue weighted by Gasteiger charge is 1.89. The van der Waals surface area contributed by atoms with Crippen molar-refractivity contribution in [1.29, 1.82) is 0 Å². The SMILES string of the molecule is S=c1nn[nH]n1NCC#Cc1ccccc1. The van der Waals surface area contributed by atoms with Gasteiger partial charge in [-0.05, 0) is 29.6 Å². The van der Waals surface area contributed by atoms with E-state index in [-0.39, 0.29) is 0 Å². The summed E-state index contributed by atoms with van der Waals surface area (Å²) in [6, 6.07) is 9.77. The second-order valence-corrected chi connectivity index (χ2v) is 3.29. The first-order valence-corrected chi connectivity index (χ1v) is 5.05. The van der Waals surface area contributed by atoms with Crippen LogP contribution in [0.3, 0.4) is 0 Å². The summed E-state index contributed by atoms with van der Waals surface area (Å²) < 4.78 is 0.349. The molecule has 0 amide bonds. The third kappa shape index (κ3) is 2.68. The zero-order valence-electron chi connectivity index (χ0n) is 8.34. The predicted octanol–water partition coefficient (Wildman–Crippen LogP) is 0.931. The van der Waals surface area contributed by atoms with Gasteiger partial charge < -0.3 is 0 Å². The van der Waals surface area contributed by atoms with Crippen molar-refractivity contribution in [3.8, 4) is 11.8 Å². The Labute approximate surface area is 97.4 Å². The zero-order valence-corrected chi connectivity index (χ0v) is 9.16. The van der Waals surface area contributed by atoms with Crippen molar-refractivity contribution < 1.29 is 0 Å². The molecule has 0 radical (unpaired) electrons. The molecular weight excluding hydrogens is 222 g/mol. The first-order valence-electron chi connectivity index (χ1n) is 4.64. The number of aromatic amines is 1. The lowest BCUT2D eigenvalue weighted by Crippen LogP contribution is -2.16. The largest absolute Gasteiger partial charge is 0.296 e. The minimum absolute atomic E-state index is 0.349. The molecule has 0 aliphatic carbocycles. The van der Waals surface area contributed by atoms with E-state index in [0.29, 0.717) is 11.3 Å². The molecule has 2 N–H and O–H groups in total. The van der Waals surface area contributed by atoms with Crippen molar-refractivity contribution in [3.63, 3.8) is 0 Å². The maximum Gasteiger partial charge on any atom is 0.258 e. The van der Waals surface area contributed by atoms with Gasteiger partial charge in [0, 0.05) is 5.56 Å². The van der Waals surface area contributed by atoms with Crippen LogP contribution >= 0.6 is 12.2 Å². The van der Waals surface area contributed by atoms with Gasteiger partial charge in [0.15, 0.2) is 0 Å². The lowest BCUT2D eigenvalue weighted by atomic mass is 10.2. The van der Waals surface area contributed by atoms with Gasteiger partial charge in [-0.15, -0.1) is 0 Å². The number of hydrogen-bond donors (Lipinski definition) is 2. The summed E-state index contributed by atoms with van der Waals surface area (Å²) in [5, 5.41) is 9.72. The van der Waals surface area contributed by atoms with Crippen molar-refractivity contribution in [2.45, 2.75) is 0 Å². The average Bonchev–Trinajstić information content (AvgIpc) is 2.72. The summed E-state index contributed by atoms with van der Waals surface area (Å²) >= 11 is 4.88. The molecule has 80 valence electrons. The minimum atomic E-state index is 0.349. The van der Waals surface area contributed by atoms with E-state index in [1.54, 1.807) is 0 Å². The molecule has 0 fully saturated rings. The first kappa shape index (κ1) is 10.4. The van der Waals surface area contributed by atoms with Crippen LogP contribution in [0.5, 0.6) is 0 Å². The van der Waals surface area contributed by atoms with E-state index in [2.05, 4.69) is 32.8 Å². The smallest absolute Gasteiger partial charge is 0.258 e. The van der Waals surface area contributed by atoms with Gasteiger partial charge in [-0.3, -0.25) is 5.43 Å². The van der Waals surface area contributed by atoms with Crippen LogP contribution in [0.1, 0.15) is 5.56 Å². The lowest BCUT2D eigenvalue weighted by Gasteiger charge is -1.98. The molecule has 0 aliphatic heterocycles. The maximum absolute atomic E-state index is 4.88. The van der Waals surface area contributed by atoms with Crippen LogP contribution in [0.15, 0.2) is 30.3 Å². The summed E-state index contributed by atoms with van der Waals surface area (Å²) in [5.41, 5.74) is 3.90. The molecule has 0 unspecified atom stereocenters. The summed E-state index contributed by atoms with van der Waals surface area (Å²) in [7, 11) is 0. The Kier molecular flexibility index (Phi) is 3.31. The van der Waals surface area contributed by atoms with Crippen LogP contribution in [0, 0.1) is 16.6 Å². The number of nitrogens with zero attached hydrogens (tertiary/aromatic N) is 3. The van der Waals surface area contributed by atoms with E-state index in [4.69, 9.17) is 12.2 Å². The van der Waals surface area contributed by atoms with Crippen LogP contribution < -0.4 is 5.43 Å². The van der Waals surface area contributed by atoms with Crippen molar-refractivity contribution in [2.24, 2.45) is 0 Å². The van der Waals surface area contributed by atoms with Crippen LogP contribution in [0.4, 0.5) is 0 Å². The minimum Gasteiger partial charge on any atom is -0.296 e. The number of benzene rings is 1. The molecule has 0 saturated carbocycles. The number of H-pyrrole nitrogens is 1. The normalized spacial score (nSPS) is 9.25. The van der Waals surface area contributed by atoms with E-state index < -0.39 is 0 Å². The van der Waals surface area contributed by atoms with Crippen molar-refractivity contribution >= 4 is 12.2 Å². The first-order chi connectivity index (χ1) is 7.86. The van der Waals surface area contributed by atoms with E-state index >= 15 is 0 Å². The summed E-state index contributed by atoms with van der Waals surface area (Å²) in [5.74, 6) is 5.98. The monoisotopic (exact) mass is 231 g/mol. The molecule has 16 heavy (non-hydrogen) atoms. The van der Waals surface area contributed by atoms with Gasteiger partial charge in [0.05, 0.1) is 6.54 Å². The van der Waals surface area contributed by atoms with Crippen LogP contribution in [0.2, 0.25) is 0 Å². The number of hydrogen-bond acceptors (Lipinski definition) is 4. The Morgan fingerprint density at radius 1 is 1.38 bits per heavy atom. The second-order valence-electron chi connectivity index (χ2n) is 2.92. The van der Waals surface area contributed by atoms with E-state index in [0.717, 1.165) is 5.56 Å². The van der Waals surface area contributed by atoms with Gasteiger partial charge in [-0.1, -0.05) is 35.1 Å². The second kappa shape index (κ2) is 5.09. The Balaban J connectivity index is 1.92. The maximum atomic E-state index is 4.88. The molecular formula is C10H9N5S. The van der Waals surface area contributed by atoms with Crippen LogP contribution in [0.25, 0.3) is 0 Å². The zero-order chi connectivity index (χ0) is 11.2. The van der Waals surface area contributed by atoms with Gasteiger partial charge in [0.2, 0.25) is 0 Å². The standard InChI is InChI=1S/C10H9N5S/c16-10-12-13-14-15(10)11-8-4-7-9-5-2-1-3-6-9/h1-3,5-6,11H,8H2,(H,12,14,16). The number of rotatable bonds is 2.